The van der Waals surface area contributed by atoms with Crippen molar-refractivity contribution in [2.75, 3.05) is 12.3 Å². The second-order valence-corrected chi connectivity index (χ2v) is 4.92. The number of ether oxygens (including phenoxy) is 2. The molecule has 1 heterocycles. The Hall–Kier alpha value is -2.37. The Labute approximate surface area is 129 Å². The Bertz CT molecular complexity index is 622. The van der Waals surface area contributed by atoms with Crippen LogP contribution in [0.1, 0.15) is 38.4 Å². The summed E-state index contributed by atoms with van der Waals surface area (Å²) in [5, 5.41) is 0. The minimum Gasteiger partial charge on any atom is -0.494 e. The molecular formula is C16H20FN3O2. The molecule has 2 rings (SSSR count). The summed E-state index contributed by atoms with van der Waals surface area (Å²) >= 11 is 0. The fourth-order valence-electron chi connectivity index (χ4n) is 1.84. The van der Waals surface area contributed by atoms with E-state index in [0.29, 0.717) is 6.61 Å². The third-order valence-electron chi connectivity index (χ3n) is 3.13. The molecule has 0 saturated heterocycles. The molecule has 118 valence electrons. The first-order valence-electron chi connectivity index (χ1n) is 7.27. The van der Waals surface area contributed by atoms with Crippen LogP contribution < -0.4 is 15.2 Å². The van der Waals surface area contributed by atoms with E-state index >= 15 is 0 Å². The number of aromatic nitrogens is 2. The van der Waals surface area contributed by atoms with Crippen molar-refractivity contribution < 1.29 is 13.9 Å². The number of anilines is 1. The van der Waals surface area contributed by atoms with Gasteiger partial charge in [0.1, 0.15) is 11.9 Å². The van der Waals surface area contributed by atoms with E-state index < -0.39 is 5.82 Å². The van der Waals surface area contributed by atoms with Crippen molar-refractivity contribution in [1.29, 1.82) is 0 Å². The van der Waals surface area contributed by atoms with Crippen molar-refractivity contribution in [3.63, 3.8) is 0 Å². The van der Waals surface area contributed by atoms with Gasteiger partial charge in [-0.05, 0) is 31.0 Å². The van der Waals surface area contributed by atoms with Crippen molar-refractivity contribution in [2.45, 2.75) is 32.8 Å². The highest BCUT2D eigenvalue weighted by Crippen LogP contribution is 2.23. The van der Waals surface area contributed by atoms with Gasteiger partial charge in [-0.25, -0.2) is 9.37 Å². The van der Waals surface area contributed by atoms with Gasteiger partial charge in [0, 0.05) is 0 Å². The molecule has 5 nitrogen and oxygen atoms in total. The van der Waals surface area contributed by atoms with Gasteiger partial charge in [-0.2, -0.15) is 4.98 Å². The number of nitrogens with zero attached hydrogens (tertiary/aromatic N) is 2. The van der Waals surface area contributed by atoms with Crippen molar-refractivity contribution in [2.24, 2.45) is 0 Å². The largest absolute Gasteiger partial charge is 0.494 e. The summed E-state index contributed by atoms with van der Waals surface area (Å²) in [6.07, 6.45) is 2.79. The van der Waals surface area contributed by atoms with Crippen LogP contribution in [0, 0.1) is 5.82 Å². The van der Waals surface area contributed by atoms with Gasteiger partial charge in [0.15, 0.2) is 11.6 Å². The molecule has 1 aromatic carbocycles. The highest BCUT2D eigenvalue weighted by molar-refractivity contribution is 5.31. The molecule has 0 radical (unpaired) electrons. The average molecular weight is 305 g/mol. The van der Waals surface area contributed by atoms with Crippen LogP contribution in [0.5, 0.6) is 11.8 Å². The molecule has 1 unspecified atom stereocenters. The summed E-state index contributed by atoms with van der Waals surface area (Å²) in [6, 6.07) is 7.68. The van der Waals surface area contributed by atoms with E-state index in [1.54, 1.807) is 0 Å². The molecule has 0 fully saturated rings. The van der Waals surface area contributed by atoms with Gasteiger partial charge in [0.2, 0.25) is 0 Å². The van der Waals surface area contributed by atoms with Crippen LogP contribution >= 0.6 is 0 Å². The van der Waals surface area contributed by atoms with Crippen LogP contribution in [0.25, 0.3) is 0 Å². The molecule has 0 spiro atoms. The lowest BCUT2D eigenvalue weighted by Crippen LogP contribution is -2.08. The average Bonchev–Trinajstić information content (AvgIpc) is 2.51. The molecular weight excluding hydrogens is 285 g/mol. The zero-order valence-corrected chi connectivity index (χ0v) is 12.8. The van der Waals surface area contributed by atoms with Crippen molar-refractivity contribution in [1.82, 2.24) is 9.97 Å². The molecule has 0 amide bonds. The maximum absolute atomic E-state index is 13.0. The molecule has 0 aliphatic carbocycles. The zero-order chi connectivity index (χ0) is 15.9. The van der Waals surface area contributed by atoms with Gasteiger partial charge in [-0.3, -0.25) is 0 Å². The minimum absolute atomic E-state index is 0.0451. The maximum Gasteiger partial charge on any atom is 0.319 e. The topological polar surface area (TPSA) is 70.3 Å². The van der Waals surface area contributed by atoms with Gasteiger partial charge in [0.05, 0.1) is 12.8 Å². The van der Waals surface area contributed by atoms with E-state index in [0.717, 1.165) is 30.4 Å². The highest BCUT2D eigenvalue weighted by atomic mass is 19.1. The van der Waals surface area contributed by atoms with Crippen molar-refractivity contribution in [3.8, 4) is 11.8 Å². The molecule has 0 saturated carbocycles. The van der Waals surface area contributed by atoms with Crippen molar-refractivity contribution in [3.05, 3.63) is 41.8 Å². The van der Waals surface area contributed by atoms with E-state index in [1.807, 2.05) is 31.2 Å². The standard InChI is InChI=1S/C16H20FN3O2/c1-3-4-8-21-13-7-5-6-12(9-13)11(2)22-16-19-10-14(17)15(18)20-16/h5-7,9-11H,3-4,8H2,1-2H3,(H2,18,19,20). The fourth-order valence-corrected chi connectivity index (χ4v) is 1.84. The molecule has 22 heavy (non-hydrogen) atoms. The molecule has 0 aliphatic heterocycles. The summed E-state index contributed by atoms with van der Waals surface area (Å²) in [7, 11) is 0. The molecule has 1 aromatic heterocycles. The van der Waals surface area contributed by atoms with Gasteiger partial charge < -0.3 is 15.2 Å². The molecule has 2 aromatic rings. The minimum atomic E-state index is -0.661. The second-order valence-electron chi connectivity index (χ2n) is 4.92. The Morgan fingerprint density at radius 3 is 2.91 bits per heavy atom. The number of hydrogen-bond donors (Lipinski definition) is 1. The summed E-state index contributed by atoms with van der Waals surface area (Å²) < 4.78 is 24.3. The Kier molecular flexibility index (Phi) is 5.52. The zero-order valence-electron chi connectivity index (χ0n) is 12.8. The van der Waals surface area contributed by atoms with Crippen LogP contribution in [0.15, 0.2) is 30.5 Å². The number of nitrogens with two attached hydrogens (primary N) is 1. The number of rotatable bonds is 7. The van der Waals surface area contributed by atoms with Gasteiger partial charge in [0.25, 0.3) is 0 Å². The first-order chi connectivity index (χ1) is 10.6. The van der Waals surface area contributed by atoms with Crippen LogP contribution in [0.4, 0.5) is 10.2 Å². The summed E-state index contributed by atoms with van der Waals surface area (Å²) in [6.45, 7) is 4.66. The van der Waals surface area contributed by atoms with E-state index in [2.05, 4.69) is 16.9 Å². The smallest absolute Gasteiger partial charge is 0.319 e. The van der Waals surface area contributed by atoms with E-state index in [9.17, 15) is 4.39 Å². The number of hydrogen-bond acceptors (Lipinski definition) is 5. The third-order valence-corrected chi connectivity index (χ3v) is 3.13. The molecule has 2 N–H and O–H groups in total. The Morgan fingerprint density at radius 2 is 2.18 bits per heavy atom. The van der Waals surface area contributed by atoms with Crippen LogP contribution in [0.3, 0.4) is 0 Å². The maximum atomic E-state index is 13.0. The van der Waals surface area contributed by atoms with Crippen LogP contribution in [0.2, 0.25) is 0 Å². The highest BCUT2D eigenvalue weighted by Gasteiger charge is 2.12. The summed E-state index contributed by atoms with van der Waals surface area (Å²) in [5.74, 6) is -0.0962. The molecule has 6 heteroatoms. The lowest BCUT2D eigenvalue weighted by Gasteiger charge is -2.15. The quantitative estimate of drug-likeness (QED) is 0.793. The van der Waals surface area contributed by atoms with E-state index in [4.69, 9.17) is 15.2 Å². The van der Waals surface area contributed by atoms with Gasteiger partial charge in [-0.15, -0.1) is 0 Å². The Morgan fingerprint density at radius 1 is 1.36 bits per heavy atom. The van der Waals surface area contributed by atoms with Gasteiger partial charge >= 0.3 is 6.01 Å². The Balaban J connectivity index is 2.03. The lowest BCUT2D eigenvalue weighted by molar-refractivity contribution is 0.206. The van der Waals surface area contributed by atoms with Crippen molar-refractivity contribution >= 4 is 5.82 Å². The number of benzene rings is 1. The predicted molar refractivity (Wildman–Crippen MR) is 82.3 cm³/mol. The molecule has 0 aliphatic rings. The first-order valence-corrected chi connectivity index (χ1v) is 7.27. The van der Waals surface area contributed by atoms with Crippen LogP contribution in [-0.4, -0.2) is 16.6 Å². The van der Waals surface area contributed by atoms with Gasteiger partial charge in [-0.1, -0.05) is 25.5 Å². The third kappa shape index (κ3) is 4.31. The monoisotopic (exact) mass is 305 g/mol. The summed E-state index contributed by atoms with van der Waals surface area (Å²) in [4.78, 5) is 7.53. The SMILES string of the molecule is CCCCOc1cccc(C(C)Oc2ncc(F)c(N)n2)c1. The summed E-state index contributed by atoms with van der Waals surface area (Å²) in [5.41, 5.74) is 6.32. The van der Waals surface area contributed by atoms with E-state index in [1.165, 1.54) is 0 Å². The second kappa shape index (κ2) is 7.59. The van der Waals surface area contributed by atoms with E-state index in [-0.39, 0.29) is 17.9 Å². The number of nitrogen functional groups attached to an aromatic ring is 1. The predicted octanol–water partition coefficient (Wildman–Crippen LogP) is 3.52. The fraction of sp³-hybridized carbons (Fsp3) is 0.375. The normalized spacial score (nSPS) is 12.0. The van der Waals surface area contributed by atoms with Crippen LogP contribution in [-0.2, 0) is 0 Å². The molecule has 1 atom stereocenters. The first kappa shape index (κ1) is 16.0. The lowest BCUT2D eigenvalue weighted by atomic mass is 10.1. The molecule has 0 bridgehead atoms. The number of halogens is 1. The number of unbranched alkanes of at least 4 members (excludes halogenated alkanes) is 1.